The summed E-state index contributed by atoms with van der Waals surface area (Å²) in [5, 5.41) is 2.78. The van der Waals surface area contributed by atoms with Crippen LogP contribution in [0, 0.1) is 5.82 Å². The standard InChI is InChI=1S/C19H16FNO3/c1-13(17-7-4-12-23-17)21-19(22)11-9-14-8-10-18(24-14)15-5-2-3-6-16(15)20/h2-13H,1H3,(H,21,22)/b11-9+/t13-/m1/s1. The third-order valence-electron chi connectivity index (χ3n) is 3.49. The summed E-state index contributed by atoms with van der Waals surface area (Å²) in [6.07, 6.45) is 4.46. The maximum atomic E-state index is 13.7. The van der Waals surface area contributed by atoms with E-state index in [1.807, 2.05) is 6.92 Å². The van der Waals surface area contributed by atoms with Gasteiger partial charge < -0.3 is 14.2 Å². The zero-order valence-corrected chi connectivity index (χ0v) is 13.0. The van der Waals surface area contributed by atoms with Gasteiger partial charge >= 0.3 is 0 Å². The Labute approximate surface area is 138 Å². The molecule has 0 fully saturated rings. The monoisotopic (exact) mass is 325 g/mol. The first-order valence-corrected chi connectivity index (χ1v) is 7.50. The van der Waals surface area contributed by atoms with E-state index in [4.69, 9.17) is 8.83 Å². The van der Waals surface area contributed by atoms with Crippen molar-refractivity contribution in [1.29, 1.82) is 0 Å². The zero-order chi connectivity index (χ0) is 16.9. The van der Waals surface area contributed by atoms with Crippen molar-refractivity contribution in [3.8, 4) is 11.3 Å². The minimum atomic E-state index is -0.354. The lowest BCUT2D eigenvalue weighted by atomic mass is 10.1. The van der Waals surface area contributed by atoms with Gasteiger partial charge in [-0.05, 0) is 49.4 Å². The number of halogens is 1. The van der Waals surface area contributed by atoms with Crippen molar-refractivity contribution < 1.29 is 18.0 Å². The van der Waals surface area contributed by atoms with Gasteiger partial charge in [0.2, 0.25) is 5.91 Å². The molecule has 3 rings (SSSR count). The molecule has 5 heteroatoms. The fraction of sp³-hybridized carbons (Fsp3) is 0.105. The first-order valence-electron chi connectivity index (χ1n) is 7.50. The lowest BCUT2D eigenvalue weighted by Gasteiger charge is -2.08. The van der Waals surface area contributed by atoms with Crippen LogP contribution < -0.4 is 5.32 Å². The highest BCUT2D eigenvalue weighted by Crippen LogP contribution is 2.25. The van der Waals surface area contributed by atoms with Gasteiger partial charge in [0.1, 0.15) is 23.1 Å². The molecule has 122 valence electrons. The molecular weight excluding hydrogens is 309 g/mol. The fourth-order valence-corrected chi connectivity index (χ4v) is 2.28. The summed E-state index contributed by atoms with van der Waals surface area (Å²) in [4.78, 5) is 11.9. The molecule has 0 saturated carbocycles. The number of nitrogens with one attached hydrogen (secondary N) is 1. The van der Waals surface area contributed by atoms with Crippen LogP contribution in [0.1, 0.15) is 24.5 Å². The molecule has 0 aliphatic rings. The molecule has 1 N–H and O–H groups in total. The number of amides is 1. The van der Waals surface area contributed by atoms with Crippen LogP contribution in [0.15, 0.2) is 69.7 Å². The summed E-state index contributed by atoms with van der Waals surface area (Å²) >= 11 is 0. The molecule has 3 aromatic rings. The first kappa shape index (κ1) is 15.8. The fourth-order valence-electron chi connectivity index (χ4n) is 2.28. The van der Waals surface area contributed by atoms with Crippen LogP contribution in [-0.4, -0.2) is 5.91 Å². The Bertz CT molecular complexity index is 849. The van der Waals surface area contributed by atoms with Gasteiger partial charge in [-0.15, -0.1) is 0 Å². The number of benzene rings is 1. The maximum absolute atomic E-state index is 13.7. The highest BCUT2D eigenvalue weighted by Gasteiger charge is 2.10. The summed E-state index contributed by atoms with van der Waals surface area (Å²) in [5.41, 5.74) is 0.382. The summed E-state index contributed by atoms with van der Waals surface area (Å²) in [5.74, 6) is 0.929. The van der Waals surface area contributed by atoms with Gasteiger partial charge in [0, 0.05) is 6.08 Å². The molecule has 1 amide bonds. The molecule has 0 aliphatic heterocycles. The second-order valence-corrected chi connectivity index (χ2v) is 5.26. The normalized spacial score (nSPS) is 12.4. The Morgan fingerprint density at radius 1 is 1.17 bits per heavy atom. The van der Waals surface area contributed by atoms with Crippen LogP contribution in [0.3, 0.4) is 0 Å². The molecule has 1 atom stereocenters. The van der Waals surface area contributed by atoms with Gasteiger partial charge in [0.05, 0.1) is 17.9 Å². The van der Waals surface area contributed by atoms with E-state index < -0.39 is 0 Å². The number of hydrogen-bond acceptors (Lipinski definition) is 3. The molecule has 24 heavy (non-hydrogen) atoms. The van der Waals surface area contributed by atoms with E-state index in [1.165, 1.54) is 18.2 Å². The van der Waals surface area contributed by atoms with Gasteiger partial charge in [0.25, 0.3) is 0 Å². The van der Waals surface area contributed by atoms with Gasteiger partial charge in [-0.2, -0.15) is 0 Å². The van der Waals surface area contributed by atoms with E-state index in [0.717, 1.165) is 0 Å². The first-order chi connectivity index (χ1) is 11.6. The van der Waals surface area contributed by atoms with E-state index in [9.17, 15) is 9.18 Å². The Kier molecular flexibility index (Phi) is 4.61. The van der Waals surface area contributed by atoms with Gasteiger partial charge in [-0.25, -0.2) is 4.39 Å². The molecular formula is C19H16FNO3. The molecule has 2 aromatic heterocycles. The van der Waals surface area contributed by atoms with Gasteiger partial charge in [0.15, 0.2) is 0 Å². The number of rotatable bonds is 5. The highest BCUT2D eigenvalue weighted by atomic mass is 19.1. The molecule has 0 unspecified atom stereocenters. The van der Waals surface area contributed by atoms with E-state index >= 15 is 0 Å². The van der Waals surface area contributed by atoms with Crippen LogP contribution in [0.25, 0.3) is 17.4 Å². The quantitative estimate of drug-likeness (QED) is 0.699. The summed E-state index contributed by atoms with van der Waals surface area (Å²) in [6, 6.07) is 13.0. The summed E-state index contributed by atoms with van der Waals surface area (Å²) in [6.45, 7) is 1.83. The van der Waals surface area contributed by atoms with Crippen molar-refractivity contribution in [1.82, 2.24) is 5.32 Å². The predicted octanol–water partition coefficient (Wildman–Crippen LogP) is 4.57. The molecule has 0 bridgehead atoms. The van der Waals surface area contributed by atoms with Crippen LogP contribution in [0.2, 0.25) is 0 Å². The van der Waals surface area contributed by atoms with Crippen molar-refractivity contribution in [3.63, 3.8) is 0 Å². The maximum Gasteiger partial charge on any atom is 0.244 e. The van der Waals surface area contributed by atoms with Crippen LogP contribution in [0.5, 0.6) is 0 Å². The Balaban J connectivity index is 1.65. The van der Waals surface area contributed by atoms with Crippen LogP contribution >= 0.6 is 0 Å². The number of hydrogen-bond donors (Lipinski definition) is 1. The zero-order valence-electron chi connectivity index (χ0n) is 13.0. The van der Waals surface area contributed by atoms with Crippen LogP contribution in [-0.2, 0) is 4.79 Å². The highest BCUT2D eigenvalue weighted by molar-refractivity contribution is 5.91. The van der Waals surface area contributed by atoms with Gasteiger partial charge in [-0.1, -0.05) is 12.1 Å². The van der Waals surface area contributed by atoms with E-state index in [1.54, 1.807) is 48.7 Å². The molecule has 1 aromatic carbocycles. The molecule has 0 radical (unpaired) electrons. The van der Waals surface area contributed by atoms with E-state index in [2.05, 4.69) is 5.32 Å². The SMILES string of the molecule is C[C@@H](NC(=O)/C=C/c1ccc(-c2ccccc2F)o1)c1ccco1. The summed E-state index contributed by atoms with van der Waals surface area (Å²) < 4.78 is 24.5. The van der Waals surface area contributed by atoms with Crippen molar-refractivity contribution in [3.05, 3.63) is 78.2 Å². The van der Waals surface area contributed by atoms with Crippen molar-refractivity contribution in [2.75, 3.05) is 0 Å². The minimum absolute atomic E-state index is 0.234. The summed E-state index contributed by atoms with van der Waals surface area (Å²) in [7, 11) is 0. The average molecular weight is 325 g/mol. The number of carbonyl (C=O) groups excluding carboxylic acids is 1. The molecule has 0 aliphatic carbocycles. The predicted molar refractivity (Wildman–Crippen MR) is 88.4 cm³/mol. The Morgan fingerprint density at radius 2 is 2.00 bits per heavy atom. The number of furan rings is 2. The van der Waals surface area contributed by atoms with Crippen LogP contribution in [0.4, 0.5) is 4.39 Å². The molecule has 2 heterocycles. The molecule has 0 spiro atoms. The van der Waals surface area contributed by atoms with E-state index in [-0.39, 0.29) is 17.8 Å². The minimum Gasteiger partial charge on any atom is -0.467 e. The Hall–Kier alpha value is -3.08. The lowest BCUT2D eigenvalue weighted by Crippen LogP contribution is -2.24. The number of carbonyl (C=O) groups is 1. The van der Waals surface area contributed by atoms with Crippen molar-refractivity contribution in [2.24, 2.45) is 0 Å². The van der Waals surface area contributed by atoms with Crippen molar-refractivity contribution in [2.45, 2.75) is 13.0 Å². The second kappa shape index (κ2) is 7.00. The second-order valence-electron chi connectivity index (χ2n) is 5.26. The average Bonchev–Trinajstić information content (AvgIpc) is 3.25. The molecule has 4 nitrogen and oxygen atoms in total. The lowest BCUT2D eigenvalue weighted by molar-refractivity contribution is -0.117. The molecule has 0 saturated heterocycles. The van der Waals surface area contributed by atoms with Crippen molar-refractivity contribution >= 4 is 12.0 Å². The topological polar surface area (TPSA) is 55.4 Å². The van der Waals surface area contributed by atoms with Gasteiger partial charge in [-0.3, -0.25) is 4.79 Å². The largest absolute Gasteiger partial charge is 0.467 e. The smallest absolute Gasteiger partial charge is 0.244 e. The third-order valence-corrected chi connectivity index (χ3v) is 3.49. The Morgan fingerprint density at radius 3 is 2.75 bits per heavy atom. The third kappa shape index (κ3) is 3.63. The van der Waals surface area contributed by atoms with E-state index in [0.29, 0.717) is 22.8 Å².